The zero-order valence-electron chi connectivity index (χ0n) is 1.64. The largest absolute Gasteiger partial charge is 0 e. The van der Waals surface area contributed by atoms with Crippen LogP contribution in [0, 0.1) is 0 Å². The van der Waals surface area contributed by atoms with Crippen LogP contribution in [0.1, 0.15) is 0 Å². The van der Waals surface area contributed by atoms with Gasteiger partial charge in [0.15, 0.2) is 0 Å². The summed E-state index contributed by atoms with van der Waals surface area (Å²) in [7, 11) is 0. The van der Waals surface area contributed by atoms with Crippen molar-refractivity contribution in [1.82, 2.24) is 0 Å². The molecule has 0 rings (SSSR count). The molecule has 0 N–H and O–H groups in total. The fourth-order valence-corrected chi connectivity index (χ4v) is 0. The molecule has 0 fully saturated rings. The normalized spacial score (nSPS) is 0. The van der Waals surface area contributed by atoms with E-state index in [9.17, 15) is 0 Å². The Morgan fingerprint density at radius 3 is 1.00 bits per heavy atom. The quantitative estimate of drug-likeness (QED) is 0.463. The summed E-state index contributed by atoms with van der Waals surface area (Å²) >= 11 is 0. The van der Waals surface area contributed by atoms with Crippen LogP contribution in [0.2, 0.25) is 0 Å². The fourth-order valence-electron chi connectivity index (χ4n) is 0. The smallest absolute Gasteiger partial charge is 0 e. The maximum atomic E-state index is 0. The molecule has 0 nitrogen and oxygen atoms in total. The maximum absolute atomic E-state index is 0. The van der Waals surface area contributed by atoms with E-state index < -0.39 is 0 Å². The second kappa shape index (κ2) is 19.6. The molecule has 0 aromatic heterocycles. The molecule has 0 aliphatic carbocycles. The summed E-state index contributed by atoms with van der Waals surface area (Å²) in [5.41, 5.74) is 0. The molecule has 0 heterocycles. The molecule has 0 aromatic rings. The SMILES string of the molecule is [Al].[Co].[Cr].[Ni]. The average molecular weight is 197 g/mol. The van der Waals surface area contributed by atoms with E-state index >= 15 is 0 Å². The van der Waals surface area contributed by atoms with Gasteiger partial charge < -0.3 is 0 Å². The first-order valence-electron chi connectivity index (χ1n) is 0. The number of rotatable bonds is 0. The molecule has 0 aromatic carbocycles. The second-order valence-electron chi connectivity index (χ2n) is 0. The van der Waals surface area contributed by atoms with Gasteiger partial charge in [-0.05, 0) is 0 Å². The van der Waals surface area contributed by atoms with E-state index in [1.807, 2.05) is 0 Å². The van der Waals surface area contributed by atoms with E-state index in [1.54, 1.807) is 0 Å². The van der Waals surface area contributed by atoms with Crippen molar-refractivity contribution in [2.45, 2.75) is 0 Å². The van der Waals surface area contributed by atoms with Crippen LogP contribution in [-0.2, 0) is 50.6 Å². The van der Waals surface area contributed by atoms with Crippen molar-refractivity contribution in [3.05, 3.63) is 0 Å². The van der Waals surface area contributed by atoms with Crippen molar-refractivity contribution in [2.24, 2.45) is 0 Å². The van der Waals surface area contributed by atoms with Gasteiger partial charge in [-0.25, -0.2) is 0 Å². The predicted octanol–water partition coefficient (Wildman–Crippen LogP) is -0.388. The molecule has 0 atom stereocenters. The minimum absolute atomic E-state index is 0. The van der Waals surface area contributed by atoms with Gasteiger partial charge in [0.05, 0.1) is 0 Å². The molecular formula is AlCoCrNi. The van der Waals surface area contributed by atoms with Crippen LogP contribution < -0.4 is 0 Å². The van der Waals surface area contributed by atoms with E-state index in [0.29, 0.717) is 0 Å². The molecule has 0 unspecified atom stereocenters. The summed E-state index contributed by atoms with van der Waals surface area (Å²) in [5.74, 6) is 0. The Balaban J connectivity index is 0. The Morgan fingerprint density at radius 1 is 1.00 bits per heavy atom. The van der Waals surface area contributed by atoms with Crippen molar-refractivity contribution in [2.75, 3.05) is 0 Å². The third kappa shape index (κ3) is 8.96. The van der Waals surface area contributed by atoms with Gasteiger partial charge in [-0.15, -0.1) is 0 Å². The summed E-state index contributed by atoms with van der Waals surface area (Å²) < 4.78 is 0. The zero-order valence-corrected chi connectivity index (χ0v) is 6.09. The molecule has 0 aliphatic rings. The van der Waals surface area contributed by atoms with Crippen LogP contribution in [-0.4, -0.2) is 17.4 Å². The third-order valence-electron chi connectivity index (χ3n) is 0. The molecule has 0 aliphatic heterocycles. The Labute approximate surface area is 67.5 Å². The first-order chi connectivity index (χ1) is 0. The van der Waals surface area contributed by atoms with E-state index in [-0.39, 0.29) is 68.0 Å². The van der Waals surface area contributed by atoms with Crippen LogP contribution in [0.25, 0.3) is 0 Å². The van der Waals surface area contributed by atoms with Crippen LogP contribution in [0.4, 0.5) is 0 Å². The van der Waals surface area contributed by atoms with Gasteiger partial charge in [-0.1, -0.05) is 0 Å². The molecule has 4 radical (unpaired) electrons. The first-order valence-corrected chi connectivity index (χ1v) is 0. The molecule has 0 spiro atoms. The Hall–Kier alpha value is 2.06. The minimum Gasteiger partial charge on any atom is 0 e. The number of hydrogen-bond donors (Lipinski definition) is 0. The molecule has 0 bridgehead atoms. The van der Waals surface area contributed by atoms with Crippen LogP contribution in [0.15, 0.2) is 0 Å². The van der Waals surface area contributed by atoms with Crippen molar-refractivity contribution < 1.29 is 50.6 Å². The topological polar surface area (TPSA) is 0 Å². The van der Waals surface area contributed by atoms with E-state index in [4.69, 9.17) is 0 Å². The van der Waals surface area contributed by atoms with Crippen LogP contribution in [0.3, 0.4) is 0 Å². The van der Waals surface area contributed by atoms with Gasteiger partial charge in [-0.3, -0.25) is 0 Å². The van der Waals surface area contributed by atoms with Gasteiger partial charge in [0, 0.05) is 68.0 Å². The van der Waals surface area contributed by atoms with E-state index in [1.165, 1.54) is 0 Å². The summed E-state index contributed by atoms with van der Waals surface area (Å²) in [4.78, 5) is 0. The summed E-state index contributed by atoms with van der Waals surface area (Å²) in [6.07, 6.45) is 0. The van der Waals surface area contributed by atoms with Crippen LogP contribution >= 0.6 is 0 Å². The Kier molecular flexibility index (Phi) is 179. The Morgan fingerprint density at radius 2 is 1.00 bits per heavy atom. The fraction of sp³-hybridized carbons (Fsp3) is 0. The zero-order chi connectivity index (χ0) is 0. The Bertz CT molecular complexity index is 8.00. The van der Waals surface area contributed by atoms with Gasteiger partial charge in [0.2, 0.25) is 0 Å². The molecule has 4 heteroatoms. The van der Waals surface area contributed by atoms with Gasteiger partial charge in [0.25, 0.3) is 0 Å². The van der Waals surface area contributed by atoms with Crippen molar-refractivity contribution in [1.29, 1.82) is 0 Å². The average Bonchev–Trinajstić information content (AvgIpc) is 0. The molecule has 0 amide bonds. The van der Waals surface area contributed by atoms with E-state index in [0.717, 1.165) is 0 Å². The predicted molar refractivity (Wildman–Crippen MR) is 5.75 cm³/mol. The van der Waals surface area contributed by atoms with Gasteiger partial charge >= 0.3 is 0 Å². The molecular weight excluding hydrogens is 197 g/mol. The maximum Gasteiger partial charge on any atom is 0 e. The summed E-state index contributed by atoms with van der Waals surface area (Å²) in [5, 5.41) is 0. The van der Waals surface area contributed by atoms with Gasteiger partial charge in [-0.2, -0.15) is 0 Å². The van der Waals surface area contributed by atoms with E-state index in [2.05, 4.69) is 0 Å². The third-order valence-corrected chi connectivity index (χ3v) is 0. The monoisotopic (exact) mass is 196 g/mol. The molecule has 28 valence electrons. The standard InChI is InChI=1S/Al.Co.Cr.Ni. The minimum atomic E-state index is 0. The second-order valence-corrected chi connectivity index (χ2v) is 0. The first kappa shape index (κ1) is 36.5. The summed E-state index contributed by atoms with van der Waals surface area (Å²) in [6.45, 7) is 0. The van der Waals surface area contributed by atoms with Crippen molar-refractivity contribution in [3.63, 3.8) is 0 Å². The molecule has 4 heavy (non-hydrogen) atoms. The number of hydrogen-bond acceptors (Lipinski definition) is 0. The van der Waals surface area contributed by atoms with Crippen LogP contribution in [0.5, 0.6) is 0 Å². The molecule has 0 saturated carbocycles. The summed E-state index contributed by atoms with van der Waals surface area (Å²) in [6, 6.07) is 0. The van der Waals surface area contributed by atoms with Crippen molar-refractivity contribution >= 4 is 17.4 Å². The molecule has 0 saturated heterocycles. The van der Waals surface area contributed by atoms with Crippen molar-refractivity contribution in [3.8, 4) is 0 Å². The van der Waals surface area contributed by atoms with Gasteiger partial charge in [0.1, 0.15) is 0 Å².